The van der Waals surface area contributed by atoms with Crippen molar-refractivity contribution < 1.29 is 14.6 Å². The van der Waals surface area contributed by atoms with Crippen molar-refractivity contribution in [3.05, 3.63) is 57.8 Å². The van der Waals surface area contributed by atoms with Crippen molar-refractivity contribution in [3.63, 3.8) is 0 Å². The van der Waals surface area contributed by atoms with Gasteiger partial charge in [0.15, 0.2) is 0 Å². The number of aryl methyl sites for hydroxylation is 1. The molecule has 2 aromatic rings. The minimum atomic E-state index is -0.467. The van der Waals surface area contributed by atoms with Gasteiger partial charge in [0, 0.05) is 18.4 Å². The van der Waals surface area contributed by atoms with Crippen LogP contribution in [0.25, 0.3) is 0 Å². The second-order valence-corrected chi connectivity index (χ2v) is 7.35. The van der Waals surface area contributed by atoms with Gasteiger partial charge in [0.1, 0.15) is 5.75 Å². The summed E-state index contributed by atoms with van der Waals surface area (Å²) < 4.78 is 6.83. The van der Waals surface area contributed by atoms with Gasteiger partial charge in [0.2, 0.25) is 0 Å². The van der Waals surface area contributed by atoms with Crippen LogP contribution in [-0.2, 0) is 16.1 Å². The number of esters is 1. The number of ether oxygens (including phenoxy) is 1. The smallest absolute Gasteiger partial charge is 0.309 e. The molecule has 7 heteroatoms. The lowest BCUT2D eigenvalue weighted by molar-refractivity contribution is -0.149. The van der Waals surface area contributed by atoms with Gasteiger partial charge in [-0.2, -0.15) is 0 Å². The zero-order chi connectivity index (χ0) is 21.0. The van der Waals surface area contributed by atoms with Crippen molar-refractivity contribution in [3.8, 4) is 5.75 Å². The summed E-state index contributed by atoms with van der Waals surface area (Å²) in [5.41, 5.74) is 1.57. The summed E-state index contributed by atoms with van der Waals surface area (Å²) in [6.45, 7) is 7.67. The Labute approximate surface area is 171 Å². The minimum absolute atomic E-state index is 0.0135. The highest BCUT2D eigenvalue weighted by molar-refractivity contribution is 5.72. The van der Waals surface area contributed by atoms with E-state index in [1.165, 1.54) is 0 Å². The first-order valence-electron chi connectivity index (χ1n) is 10.2. The van der Waals surface area contributed by atoms with E-state index < -0.39 is 6.04 Å². The molecule has 0 radical (unpaired) electrons. The molecule has 0 aliphatic carbocycles. The first kappa shape index (κ1) is 21.0. The standard InChI is InChI=1S/C22H29N3O4/c1-4-25-15(3)14-18(26)19(21(25)27)20(17-8-6-7-11-23-17)24-12-9-16(10-13-24)22(28)29-5-2/h6-8,11,14,16,20,26H,4-5,9-10,12-13H2,1-3H3/t20-/m0/s1. The molecule has 2 aromatic heterocycles. The highest BCUT2D eigenvalue weighted by atomic mass is 16.5. The molecule has 0 unspecified atom stereocenters. The van der Waals surface area contributed by atoms with Crippen LogP contribution in [0, 0.1) is 12.8 Å². The molecule has 1 atom stereocenters. The van der Waals surface area contributed by atoms with Gasteiger partial charge in [0.05, 0.1) is 29.8 Å². The quantitative estimate of drug-likeness (QED) is 0.752. The van der Waals surface area contributed by atoms with Gasteiger partial charge in [-0.25, -0.2) is 0 Å². The van der Waals surface area contributed by atoms with E-state index >= 15 is 0 Å². The van der Waals surface area contributed by atoms with Gasteiger partial charge in [-0.05, 0) is 64.9 Å². The molecule has 0 spiro atoms. The molecule has 29 heavy (non-hydrogen) atoms. The van der Waals surface area contributed by atoms with Crippen molar-refractivity contribution in [1.82, 2.24) is 14.5 Å². The van der Waals surface area contributed by atoms with Crippen LogP contribution in [0.3, 0.4) is 0 Å². The molecule has 156 valence electrons. The van der Waals surface area contributed by atoms with Crippen molar-refractivity contribution in [2.45, 2.75) is 46.2 Å². The molecule has 3 rings (SSSR count). The zero-order valence-electron chi connectivity index (χ0n) is 17.3. The lowest BCUT2D eigenvalue weighted by atomic mass is 9.93. The molecular weight excluding hydrogens is 370 g/mol. The van der Waals surface area contributed by atoms with Crippen molar-refractivity contribution in [2.75, 3.05) is 19.7 Å². The SMILES string of the molecule is CCOC(=O)C1CCN([C@@H](c2ccccn2)c2c(O)cc(C)n(CC)c2=O)CC1. The predicted molar refractivity (Wildman–Crippen MR) is 110 cm³/mol. The minimum Gasteiger partial charge on any atom is -0.507 e. The fourth-order valence-electron chi connectivity index (χ4n) is 4.13. The summed E-state index contributed by atoms with van der Waals surface area (Å²) in [4.78, 5) is 31.9. The summed E-state index contributed by atoms with van der Waals surface area (Å²) in [5, 5.41) is 10.7. The summed E-state index contributed by atoms with van der Waals surface area (Å²) in [7, 11) is 0. The Bertz CT molecular complexity index is 902. The molecule has 1 aliphatic rings. The lowest BCUT2D eigenvalue weighted by Crippen LogP contribution is -2.42. The Morgan fingerprint density at radius 3 is 2.62 bits per heavy atom. The van der Waals surface area contributed by atoms with E-state index in [-0.39, 0.29) is 23.2 Å². The van der Waals surface area contributed by atoms with Crippen molar-refractivity contribution >= 4 is 5.97 Å². The van der Waals surface area contributed by atoms with E-state index in [2.05, 4.69) is 9.88 Å². The molecule has 0 bridgehead atoms. The normalized spacial score (nSPS) is 16.5. The maximum atomic E-state index is 13.2. The number of carbonyl (C=O) groups excluding carboxylic acids is 1. The average molecular weight is 399 g/mol. The molecule has 7 nitrogen and oxygen atoms in total. The number of rotatable bonds is 6. The number of carbonyl (C=O) groups is 1. The summed E-state index contributed by atoms with van der Waals surface area (Å²) in [6.07, 6.45) is 2.99. The van der Waals surface area contributed by atoms with Crippen LogP contribution in [0.4, 0.5) is 0 Å². The summed E-state index contributed by atoms with van der Waals surface area (Å²) in [6, 6.07) is 6.75. The Balaban J connectivity index is 1.99. The maximum Gasteiger partial charge on any atom is 0.309 e. The highest BCUT2D eigenvalue weighted by Gasteiger charge is 2.34. The third-order valence-corrected chi connectivity index (χ3v) is 5.60. The number of aromatic hydroxyl groups is 1. The largest absolute Gasteiger partial charge is 0.507 e. The van der Waals surface area contributed by atoms with Crippen molar-refractivity contribution in [1.29, 1.82) is 0 Å². The van der Waals surface area contributed by atoms with Crippen LogP contribution in [-0.4, -0.2) is 45.2 Å². The molecule has 1 fully saturated rings. The van der Waals surface area contributed by atoms with E-state index in [4.69, 9.17) is 4.74 Å². The Morgan fingerprint density at radius 1 is 1.31 bits per heavy atom. The van der Waals surface area contributed by atoms with E-state index in [1.54, 1.807) is 16.8 Å². The van der Waals surface area contributed by atoms with Crippen LogP contribution in [0.5, 0.6) is 5.75 Å². The first-order valence-corrected chi connectivity index (χ1v) is 10.2. The molecule has 0 aromatic carbocycles. The zero-order valence-corrected chi connectivity index (χ0v) is 17.3. The number of hydrogen-bond acceptors (Lipinski definition) is 6. The van der Waals surface area contributed by atoms with Crippen LogP contribution in [0.15, 0.2) is 35.3 Å². The monoisotopic (exact) mass is 399 g/mol. The van der Waals surface area contributed by atoms with Gasteiger partial charge >= 0.3 is 5.97 Å². The molecule has 1 saturated heterocycles. The summed E-state index contributed by atoms with van der Waals surface area (Å²) >= 11 is 0. The molecule has 1 aliphatic heterocycles. The molecule has 0 saturated carbocycles. The van der Waals surface area contributed by atoms with Crippen LogP contribution >= 0.6 is 0 Å². The second-order valence-electron chi connectivity index (χ2n) is 7.35. The number of nitrogens with zero attached hydrogens (tertiary/aromatic N) is 3. The first-order chi connectivity index (χ1) is 14.0. The number of hydrogen-bond donors (Lipinski definition) is 1. The number of piperidine rings is 1. The van der Waals surface area contributed by atoms with E-state index in [0.717, 1.165) is 5.69 Å². The number of likely N-dealkylation sites (tertiary alicyclic amines) is 1. The van der Waals surface area contributed by atoms with Gasteiger partial charge in [-0.3, -0.25) is 19.5 Å². The van der Waals surface area contributed by atoms with Crippen LogP contribution in [0.1, 0.15) is 49.7 Å². The molecule has 1 N–H and O–H groups in total. The molecule has 3 heterocycles. The van der Waals surface area contributed by atoms with E-state index in [0.29, 0.717) is 50.3 Å². The lowest BCUT2D eigenvalue weighted by Gasteiger charge is -2.36. The number of pyridine rings is 2. The maximum absolute atomic E-state index is 13.2. The van der Waals surface area contributed by atoms with Crippen LogP contribution in [0.2, 0.25) is 0 Å². The third-order valence-electron chi connectivity index (χ3n) is 5.60. The van der Waals surface area contributed by atoms with Gasteiger partial charge in [0.25, 0.3) is 5.56 Å². The van der Waals surface area contributed by atoms with Gasteiger partial charge in [-0.1, -0.05) is 6.07 Å². The fraction of sp³-hybridized carbons (Fsp3) is 0.500. The van der Waals surface area contributed by atoms with E-state index in [9.17, 15) is 14.7 Å². The summed E-state index contributed by atoms with van der Waals surface area (Å²) in [5.74, 6) is -0.303. The highest BCUT2D eigenvalue weighted by Crippen LogP contribution is 2.34. The van der Waals surface area contributed by atoms with Gasteiger partial charge < -0.3 is 14.4 Å². The van der Waals surface area contributed by atoms with Crippen molar-refractivity contribution in [2.24, 2.45) is 5.92 Å². The predicted octanol–water partition coefficient (Wildman–Crippen LogP) is 2.64. The van der Waals surface area contributed by atoms with Gasteiger partial charge in [-0.15, -0.1) is 0 Å². The topological polar surface area (TPSA) is 84.7 Å². The molecule has 0 amide bonds. The fourth-order valence-corrected chi connectivity index (χ4v) is 4.13. The molecular formula is C22H29N3O4. The van der Waals surface area contributed by atoms with Crippen LogP contribution < -0.4 is 5.56 Å². The Morgan fingerprint density at radius 2 is 2.03 bits per heavy atom. The Hall–Kier alpha value is -2.67. The Kier molecular flexibility index (Phi) is 6.69. The number of aromatic nitrogens is 2. The van der Waals surface area contributed by atoms with E-state index in [1.807, 2.05) is 39.0 Å². The third kappa shape index (κ3) is 4.34. The second kappa shape index (κ2) is 9.22. The average Bonchev–Trinajstić information content (AvgIpc) is 2.72.